The monoisotopic (exact) mass is 290 g/mol. The molecule has 2 aromatic rings. The second kappa shape index (κ2) is 7.17. The minimum atomic E-state index is 0.151. The molecule has 6 nitrogen and oxygen atoms in total. The van der Waals surface area contributed by atoms with Crippen molar-refractivity contribution in [1.82, 2.24) is 15.1 Å². The quantitative estimate of drug-likeness (QED) is 0.842. The maximum Gasteiger partial charge on any atom is 0.229 e. The van der Waals surface area contributed by atoms with E-state index < -0.39 is 0 Å². The largest absolute Gasteiger partial charge is 0.484 e. The van der Waals surface area contributed by atoms with Gasteiger partial charge in [-0.15, -0.1) is 0 Å². The van der Waals surface area contributed by atoms with Crippen molar-refractivity contribution in [2.45, 2.75) is 52.2 Å². The normalized spacial score (nSPS) is 12.6. The van der Waals surface area contributed by atoms with Crippen LogP contribution in [0.15, 0.2) is 22.9 Å². The second-order valence-electron chi connectivity index (χ2n) is 5.35. The first kappa shape index (κ1) is 15.4. The van der Waals surface area contributed by atoms with E-state index in [1.54, 1.807) is 6.20 Å². The van der Waals surface area contributed by atoms with Crippen LogP contribution in [0.2, 0.25) is 0 Å². The van der Waals surface area contributed by atoms with Crippen molar-refractivity contribution in [1.29, 1.82) is 0 Å². The predicted octanol–water partition coefficient (Wildman–Crippen LogP) is 2.45. The van der Waals surface area contributed by atoms with Crippen molar-refractivity contribution in [3.63, 3.8) is 0 Å². The third-order valence-electron chi connectivity index (χ3n) is 3.14. The molecule has 114 valence electrons. The Morgan fingerprint density at radius 3 is 2.71 bits per heavy atom. The molecule has 2 heterocycles. The van der Waals surface area contributed by atoms with Gasteiger partial charge in [0, 0.05) is 24.1 Å². The number of nitrogens with two attached hydrogens (primary N) is 1. The molecule has 6 heteroatoms. The Balaban J connectivity index is 1.88. The average molecular weight is 290 g/mol. The third-order valence-corrected chi connectivity index (χ3v) is 3.14. The molecule has 21 heavy (non-hydrogen) atoms. The van der Waals surface area contributed by atoms with E-state index >= 15 is 0 Å². The van der Waals surface area contributed by atoms with E-state index in [0.29, 0.717) is 17.5 Å². The summed E-state index contributed by atoms with van der Waals surface area (Å²) in [6.45, 7) is 6.34. The Hall–Kier alpha value is -1.95. The van der Waals surface area contributed by atoms with E-state index in [4.69, 9.17) is 15.0 Å². The van der Waals surface area contributed by atoms with Gasteiger partial charge in [0.15, 0.2) is 6.61 Å². The molecule has 0 bridgehead atoms. The average Bonchev–Trinajstić information content (AvgIpc) is 2.95. The van der Waals surface area contributed by atoms with Gasteiger partial charge in [0.2, 0.25) is 11.7 Å². The highest BCUT2D eigenvalue weighted by molar-refractivity contribution is 5.20. The molecule has 0 fully saturated rings. The Morgan fingerprint density at radius 2 is 2.14 bits per heavy atom. The Bertz CT molecular complexity index is 551. The Labute approximate surface area is 124 Å². The molecule has 2 N–H and O–H groups in total. The summed E-state index contributed by atoms with van der Waals surface area (Å²) in [5.41, 5.74) is 6.88. The van der Waals surface area contributed by atoms with Crippen LogP contribution in [0.25, 0.3) is 0 Å². The minimum absolute atomic E-state index is 0.151. The molecule has 2 aromatic heterocycles. The molecule has 0 saturated carbocycles. The summed E-state index contributed by atoms with van der Waals surface area (Å²) in [5, 5.41) is 3.87. The van der Waals surface area contributed by atoms with Crippen LogP contribution >= 0.6 is 0 Å². The van der Waals surface area contributed by atoms with Crippen LogP contribution in [0.1, 0.15) is 50.5 Å². The van der Waals surface area contributed by atoms with Crippen molar-refractivity contribution in [3.8, 4) is 5.75 Å². The molecule has 0 aromatic carbocycles. The topological polar surface area (TPSA) is 87.1 Å². The summed E-state index contributed by atoms with van der Waals surface area (Å²) in [4.78, 5) is 8.60. The predicted molar refractivity (Wildman–Crippen MR) is 78.9 cm³/mol. The molecule has 0 amide bonds. The Kier molecular flexibility index (Phi) is 5.27. The number of aromatic nitrogens is 3. The van der Waals surface area contributed by atoms with Gasteiger partial charge in [-0.25, -0.2) is 0 Å². The van der Waals surface area contributed by atoms with E-state index in [-0.39, 0.29) is 18.6 Å². The fourth-order valence-electron chi connectivity index (χ4n) is 1.74. The third kappa shape index (κ3) is 4.53. The number of ether oxygens (including phenoxy) is 1. The van der Waals surface area contributed by atoms with Gasteiger partial charge in [0.25, 0.3) is 0 Å². The maximum absolute atomic E-state index is 5.91. The molecule has 0 aliphatic heterocycles. The maximum atomic E-state index is 5.91. The van der Waals surface area contributed by atoms with Crippen molar-refractivity contribution in [2.24, 2.45) is 5.73 Å². The van der Waals surface area contributed by atoms with Gasteiger partial charge < -0.3 is 15.0 Å². The second-order valence-corrected chi connectivity index (χ2v) is 5.35. The lowest BCUT2D eigenvalue weighted by molar-refractivity contribution is 0.283. The summed E-state index contributed by atoms with van der Waals surface area (Å²) >= 11 is 0. The minimum Gasteiger partial charge on any atom is -0.484 e. The highest BCUT2D eigenvalue weighted by Crippen LogP contribution is 2.14. The van der Waals surface area contributed by atoms with E-state index in [0.717, 1.165) is 18.5 Å². The van der Waals surface area contributed by atoms with Gasteiger partial charge in [-0.1, -0.05) is 25.9 Å². The van der Waals surface area contributed by atoms with Gasteiger partial charge in [-0.3, -0.25) is 4.98 Å². The Morgan fingerprint density at radius 1 is 1.33 bits per heavy atom. The molecule has 1 unspecified atom stereocenters. The van der Waals surface area contributed by atoms with Gasteiger partial charge in [0.1, 0.15) is 5.75 Å². The van der Waals surface area contributed by atoms with Crippen LogP contribution in [-0.4, -0.2) is 21.2 Å². The standard InChI is InChI=1S/C15H22N4O2/c1-4-11(16)7-12-5-6-13(8-17-12)20-9-14-18-15(10(2)3)21-19-14/h5-6,8,10-11H,4,7,9,16H2,1-3H3. The van der Waals surface area contributed by atoms with E-state index in [9.17, 15) is 0 Å². The number of nitrogens with zero attached hydrogens (tertiary/aromatic N) is 3. The van der Waals surface area contributed by atoms with Crippen molar-refractivity contribution < 1.29 is 9.26 Å². The van der Waals surface area contributed by atoms with Crippen LogP contribution in [0.5, 0.6) is 5.75 Å². The lowest BCUT2D eigenvalue weighted by Crippen LogP contribution is -2.21. The number of pyridine rings is 1. The summed E-state index contributed by atoms with van der Waals surface area (Å²) < 4.78 is 10.7. The van der Waals surface area contributed by atoms with Gasteiger partial charge in [-0.2, -0.15) is 4.98 Å². The number of rotatable bonds is 7. The molecule has 0 saturated heterocycles. The van der Waals surface area contributed by atoms with Crippen molar-refractivity contribution in [2.75, 3.05) is 0 Å². The molecule has 1 atom stereocenters. The van der Waals surface area contributed by atoms with E-state index in [1.807, 2.05) is 26.0 Å². The molecular weight excluding hydrogens is 268 g/mol. The SMILES string of the molecule is CCC(N)Cc1ccc(OCc2noc(C(C)C)n2)cn1. The zero-order valence-corrected chi connectivity index (χ0v) is 12.7. The highest BCUT2D eigenvalue weighted by Gasteiger charge is 2.10. The fourth-order valence-corrected chi connectivity index (χ4v) is 1.74. The van der Waals surface area contributed by atoms with E-state index in [2.05, 4.69) is 22.0 Å². The van der Waals surface area contributed by atoms with Crippen LogP contribution in [-0.2, 0) is 13.0 Å². The first-order valence-corrected chi connectivity index (χ1v) is 7.24. The summed E-state index contributed by atoms with van der Waals surface area (Å²) in [7, 11) is 0. The van der Waals surface area contributed by atoms with Crippen molar-refractivity contribution in [3.05, 3.63) is 35.7 Å². The summed E-state index contributed by atoms with van der Waals surface area (Å²) in [6, 6.07) is 3.97. The van der Waals surface area contributed by atoms with Gasteiger partial charge in [-0.05, 0) is 18.6 Å². The van der Waals surface area contributed by atoms with Crippen LogP contribution < -0.4 is 10.5 Å². The lowest BCUT2D eigenvalue weighted by Gasteiger charge is -2.08. The molecule has 0 spiro atoms. The zero-order valence-electron chi connectivity index (χ0n) is 12.7. The summed E-state index contributed by atoms with van der Waals surface area (Å²) in [6.07, 6.45) is 3.41. The van der Waals surface area contributed by atoms with Crippen molar-refractivity contribution >= 4 is 0 Å². The lowest BCUT2D eigenvalue weighted by atomic mass is 10.1. The molecule has 0 aliphatic carbocycles. The zero-order chi connectivity index (χ0) is 15.2. The van der Waals surface area contributed by atoms with Crippen LogP contribution in [0.4, 0.5) is 0 Å². The number of hydrogen-bond donors (Lipinski definition) is 1. The molecular formula is C15H22N4O2. The highest BCUT2D eigenvalue weighted by atomic mass is 16.5. The van der Waals surface area contributed by atoms with Crippen LogP contribution in [0, 0.1) is 0 Å². The smallest absolute Gasteiger partial charge is 0.229 e. The molecule has 0 radical (unpaired) electrons. The van der Waals surface area contributed by atoms with Crippen LogP contribution in [0.3, 0.4) is 0 Å². The van der Waals surface area contributed by atoms with E-state index in [1.165, 1.54) is 0 Å². The summed E-state index contributed by atoms with van der Waals surface area (Å²) in [5.74, 6) is 2.06. The molecule has 0 aliphatic rings. The fraction of sp³-hybridized carbons (Fsp3) is 0.533. The van der Waals surface area contributed by atoms with Gasteiger partial charge >= 0.3 is 0 Å². The first-order valence-electron chi connectivity index (χ1n) is 7.24. The first-order chi connectivity index (χ1) is 10.1. The number of hydrogen-bond acceptors (Lipinski definition) is 6. The van der Waals surface area contributed by atoms with Gasteiger partial charge in [0.05, 0.1) is 6.20 Å². The molecule has 2 rings (SSSR count).